The van der Waals surface area contributed by atoms with Gasteiger partial charge < -0.3 is 14.6 Å². The van der Waals surface area contributed by atoms with Crippen molar-refractivity contribution in [2.75, 3.05) is 25.0 Å². The highest BCUT2D eigenvalue weighted by molar-refractivity contribution is 5.76. The number of rotatable bonds is 3. The molecule has 0 bridgehead atoms. The van der Waals surface area contributed by atoms with Crippen LogP contribution in [0.3, 0.4) is 0 Å². The highest BCUT2D eigenvalue weighted by atomic mass is 16.4. The molecule has 1 aromatic heterocycles. The third kappa shape index (κ3) is 2.66. The Labute approximate surface area is 111 Å². The summed E-state index contributed by atoms with van der Waals surface area (Å²) in [5.74, 6) is -0.400. The lowest BCUT2D eigenvalue weighted by Gasteiger charge is -2.32. The van der Waals surface area contributed by atoms with E-state index in [4.69, 9.17) is 4.42 Å². The number of anilines is 1. The van der Waals surface area contributed by atoms with Crippen molar-refractivity contribution in [3.63, 3.8) is 0 Å². The lowest BCUT2D eigenvalue weighted by Crippen LogP contribution is -2.38. The molecule has 5 nitrogen and oxygen atoms in total. The first-order valence-electron chi connectivity index (χ1n) is 6.86. The molecule has 1 fully saturated rings. The maximum atomic E-state index is 11.1. The first-order valence-corrected chi connectivity index (χ1v) is 6.86. The number of nitrogens with zero attached hydrogens (tertiary/aromatic N) is 1. The third-order valence-corrected chi connectivity index (χ3v) is 3.82. The number of oxazole rings is 1. The number of hydrogen-bond donors (Lipinski definition) is 2. The summed E-state index contributed by atoms with van der Waals surface area (Å²) in [5.41, 5.74) is 2.40. The van der Waals surface area contributed by atoms with Crippen LogP contribution in [0.25, 0.3) is 11.1 Å². The summed E-state index contributed by atoms with van der Waals surface area (Å²) in [7, 11) is 0. The number of aromatic nitrogens is 1. The predicted molar refractivity (Wildman–Crippen MR) is 75.6 cm³/mol. The summed E-state index contributed by atoms with van der Waals surface area (Å²) in [6.45, 7) is 5.64. The standard InChI is InChI=1S/C14H19N3O2/c1-2-17-7-5-10(6-8-17)15-11-3-4-13-12(9-11)16-14(18)19-13/h3-4,9-10,15H,2,5-8H2,1H3,(H,16,18). The van der Waals surface area contributed by atoms with Crippen LogP contribution in [0, 0.1) is 0 Å². The van der Waals surface area contributed by atoms with Crippen molar-refractivity contribution in [3.05, 3.63) is 28.7 Å². The fourth-order valence-corrected chi connectivity index (χ4v) is 2.67. The molecule has 19 heavy (non-hydrogen) atoms. The number of nitrogens with one attached hydrogen (secondary N) is 2. The lowest BCUT2D eigenvalue weighted by atomic mass is 10.0. The van der Waals surface area contributed by atoms with Crippen molar-refractivity contribution >= 4 is 16.8 Å². The molecule has 0 amide bonds. The van der Waals surface area contributed by atoms with Gasteiger partial charge in [-0.25, -0.2) is 4.79 Å². The summed E-state index contributed by atoms with van der Waals surface area (Å²) >= 11 is 0. The number of H-pyrrole nitrogens is 1. The Morgan fingerprint density at radius 2 is 2.21 bits per heavy atom. The van der Waals surface area contributed by atoms with Crippen LogP contribution in [0.4, 0.5) is 5.69 Å². The molecule has 2 aromatic rings. The number of piperidine rings is 1. The van der Waals surface area contributed by atoms with E-state index in [9.17, 15) is 4.79 Å². The summed E-state index contributed by atoms with van der Waals surface area (Å²) < 4.78 is 5.00. The van der Waals surface area contributed by atoms with Gasteiger partial charge in [-0.1, -0.05) is 6.92 Å². The zero-order valence-corrected chi connectivity index (χ0v) is 11.1. The highest BCUT2D eigenvalue weighted by Crippen LogP contribution is 2.20. The minimum atomic E-state index is -0.400. The van der Waals surface area contributed by atoms with Crippen LogP contribution in [0.2, 0.25) is 0 Å². The fourth-order valence-electron chi connectivity index (χ4n) is 2.67. The molecule has 1 aliphatic rings. The molecular weight excluding hydrogens is 242 g/mol. The van der Waals surface area contributed by atoms with Crippen LogP contribution in [0.5, 0.6) is 0 Å². The minimum Gasteiger partial charge on any atom is -0.408 e. The van der Waals surface area contributed by atoms with Crippen LogP contribution >= 0.6 is 0 Å². The molecule has 0 aliphatic carbocycles. The number of fused-ring (bicyclic) bond motifs is 1. The molecule has 102 valence electrons. The number of hydrogen-bond acceptors (Lipinski definition) is 4. The molecule has 0 atom stereocenters. The molecule has 3 rings (SSSR count). The molecule has 1 saturated heterocycles. The van der Waals surface area contributed by atoms with Crippen LogP contribution in [0.15, 0.2) is 27.4 Å². The Morgan fingerprint density at radius 1 is 1.42 bits per heavy atom. The molecule has 0 radical (unpaired) electrons. The maximum Gasteiger partial charge on any atom is 0.417 e. The van der Waals surface area contributed by atoms with Crippen molar-refractivity contribution in [3.8, 4) is 0 Å². The molecule has 0 saturated carbocycles. The fraction of sp³-hybridized carbons (Fsp3) is 0.500. The van der Waals surface area contributed by atoms with Gasteiger partial charge in [-0.3, -0.25) is 4.98 Å². The van der Waals surface area contributed by atoms with Crippen molar-refractivity contribution < 1.29 is 4.42 Å². The monoisotopic (exact) mass is 261 g/mol. The summed E-state index contributed by atoms with van der Waals surface area (Å²) in [4.78, 5) is 16.3. The second kappa shape index (κ2) is 5.09. The Hall–Kier alpha value is -1.75. The zero-order chi connectivity index (χ0) is 13.2. The first kappa shape index (κ1) is 12.3. The van der Waals surface area contributed by atoms with Crippen LogP contribution in [0.1, 0.15) is 19.8 Å². The van der Waals surface area contributed by atoms with E-state index in [1.165, 1.54) is 0 Å². The SMILES string of the molecule is CCN1CCC(Nc2ccc3oc(=O)[nH]c3c2)CC1. The predicted octanol–water partition coefficient (Wildman–Crippen LogP) is 2.02. The van der Waals surface area contributed by atoms with Crippen molar-refractivity contribution in [2.45, 2.75) is 25.8 Å². The first-order chi connectivity index (χ1) is 9.24. The van der Waals surface area contributed by atoms with E-state index in [-0.39, 0.29) is 0 Å². The minimum absolute atomic E-state index is 0.400. The Bertz CT molecular complexity index is 608. The van der Waals surface area contributed by atoms with Gasteiger partial charge in [0.25, 0.3) is 0 Å². The van der Waals surface area contributed by atoms with E-state index in [1.54, 1.807) is 0 Å². The summed E-state index contributed by atoms with van der Waals surface area (Å²) in [6.07, 6.45) is 2.32. The molecule has 1 aliphatic heterocycles. The van der Waals surface area contributed by atoms with Gasteiger partial charge in [0.15, 0.2) is 5.58 Å². The molecule has 0 spiro atoms. The van der Waals surface area contributed by atoms with Gasteiger partial charge in [0.05, 0.1) is 5.52 Å². The van der Waals surface area contributed by atoms with Gasteiger partial charge in [-0.05, 0) is 37.6 Å². The van der Waals surface area contributed by atoms with Gasteiger partial charge in [0.1, 0.15) is 0 Å². The van der Waals surface area contributed by atoms with Gasteiger partial charge >= 0.3 is 5.76 Å². The quantitative estimate of drug-likeness (QED) is 0.887. The number of aromatic amines is 1. The summed E-state index contributed by atoms with van der Waals surface area (Å²) in [6, 6.07) is 6.24. The van der Waals surface area contributed by atoms with E-state index in [2.05, 4.69) is 22.1 Å². The lowest BCUT2D eigenvalue weighted by molar-refractivity contribution is 0.229. The molecule has 5 heteroatoms. The zero-order valence-electron chi connectivity index (χ0n) is 11.1. The molecule has 2 heterocycles. The van der Waals surface area contributed by atoms with E-state index in [0.717, 1.165) is 43.7 Å². The summed E-state index contributed by atoms with van der Waals surface area (Å²) in [5, 5.41) is 3.54. The average molecular weight is 261 g/mol. The normalized spacial score (nSPS) is 17.9. The average Bonchev–Trinajstić information content (AvgIpc) is 2.79. The molecule has 1 aromatic carbocycles. The Balaban J connectivity index is 1.69. The van der Waals surface area contributed by atoms with Gasteiger partial charge in [-0.15, -0.1) is 0 Å². The van der Waals surface area contributed by atoms with Gasteiger partial charge in [0.2, 0.25) is 0 Å². The Morgan fingerprint density at radius 3 is 2.95 bits per heavy atom. The Kier molecular flexibility index (Phi) is 3.29. The smallest absolute Gasteiger partial charge is 0.408 e. The molecule has 2 N–H and O–H groups in total. The van der Waals surface area contributed by atoms with E-state index in [0.29, 0.717) is 11.6 Å². The van der Waals surface area contributed by atoms with Gasteiger partial charge in [0, 0.05) is 24.8 Å². The maximum absolute atomic E-state index is 11.1. The molecule has 0 unspecified atom stereocenters. The van der Waals surface area contributed by atoms with Gasteiger partial charge in [-0.2, -0.15) is 0 Å². The van der Waals surface area contributed by atoms with Crippen molar-refractivity contribution in [2.24, 2.45) is 0 Å². The number of benzene rings is 1. The van der Waals surface area contributed by atoms with Crippen LogP contribution in [-0.4, -0.2) is 35.6 Å². The highest BCUT2D eigenvalue weighted by Gasteiger charge is 2.17. The van der Waals surface area contributed by atoms with Crippen molar-refractivity contribution in [1.82, 2.24) is 9.88 Å². The van der Waals surface area contributed by atoms with Crippen molar-refractivity contribution in [1.29, 1.82) is 0 Å². The van der Waals surface area contributed by atoms with E-state index < -0.39 is 5.76 Å². The largest absolute Gasteiger partial charge is 0.417 e. The second-order valence-electron chi connectivity index (χ2n) is 5.08. The van der Waals surface area contributed by atoms with Crippen LogP contribution in [-0.2, 0) is 0 Å². The van der Waals surface area contributed by atoms with E-state index >= 15 is 0 Å². The van der Waals surface area contributed by atoms with E-state index in [1.807, 2.05) is 18.2 Å². The third-order valence-electron chi connectivity index (χ3n) is 3.82. The number of likely N-dealkylation sites (tertiary alicyclic amines) is 1. The molecular formula is C14H19N3O2. The topological polar surface area (TPSA) is 61.3 Å². The second-order valence-corrected chi connectivity index (χ2v) is 5.08. The van der Waals surface area contributed by atoms with Crippen LogP contribution < -0.4 is 11.1 Å².